The summed E-state index contributed by atoms with van der Waals surface area (Å²) < 4.78 is 0. The summed E-state index contributed by atoms with van der Waals surface area (Å²) in [5.74, 6) is 3.19. The minimum Gasteiger partial charge on any atom is -0.0648 e. The van der Waals surface area contributed by atoms with Crippen LogP contribution in [0.5, 0.6) is 0 Å². The van der Waals surface area contributed by atoms with Crippen molar-refractivity contribution in [3.63, 3.8) is 0 Å². The van der Waals surface area contributed by atoms with Crippen LogP contribution in [0, 0.1) is 23.2 Å². The van der Waals surface area contributed by atoms with Crippen LogP contribution in [-0.4, -0.2) is 0 Å². The van der Waals surface area contributed by atoms with Gasteiger partial charge in [0.05, 0.1) is 0 Å². The molecule has 2 rings (SSSR count). The lowest BCUT2D eigenvalue weighted by molar-refractivity contribution is -0.187. The molecule has 0 radical (unpaired) electrons. The van der Waals surface area contributed by atoms with E-state index in [4.69, 9.17) is 0 Å². The van der Waals surface area contributed by atoms with Gasteiger partial charge in [-0.15, -0.1) is 0 Å². The quantitative estimate of drug-likeness (QED) is 0.522. The predicted octanol–water partition coefficient (Wildman–Crippen LogP) is 3.08. The van der Waals surface area contributed by atoms with Gasteiger partial charge < -0.3 is 0 Å². The van der Waals surface area contributed by atoms with Crippen molar-refractivity contribution in [1.29, 1.82) is 0 Å². The second kappa shape index (κ2) is 1.78. The van der Waals surface area contributed by atoms with Crippen molar-refractivity contribution in [1.82, 2.24) is 0 Å². The fraction of sp³-hybridized carbons (Fsp3) is 1.00. The standard InChI is InChI=1S/C10H18/c1-4-10-7(2)5-9(10)6-8(10)3/h7-9H,4-6H2,1-3H3. The molecular weight excluding hydrogens is 120 g/mol. The van der Waals surface area contributed by atoms with Crippen molar-refractivity contribution in [3.8, 4) is 0 Å². The van der Waals surface area contributed by atoms with Crippen LogP contribution in [0.3, 0.4) is 0 Å². The van der Waals surface area contributed by atoms with E-state index in [1.165, 1.54) is 19.3 Å². The summed E-state index contributed by atoms with van der Waals surface area (Å²) in [6.07, 6.45) is 4.48. The number of fused-ring (bicyclic) bond motifs is 1. The largest absolute Gasteiger partial charge is 0.0648 e. The van der Waals surface area contributed by atoms with Gasteiger partial charge in [-0.3, -0.25) is 0 Å². The Morgan fingerprint density at radius 3 is 1.80 bits per heavy atom. The van der Waals surface area contributed by atoms with E-state index < -0.39 is 0 Å². The van der Waals surface area contributed by atoms with Crippen molar-refractivity contribution in [2.45, 2.75) is 40.0 Å². The Balaban J connectivity index is 2.14. The summed E-state index contributed by atoms with van der Waals surface area (Å²) in [6.45, 7) is 7.25. The van der Waals surface area contributed by atoms with E-state index in [1.807, 2.05) is 0 Å². The van der Waals surface area contributed by atoms with Gasteiger partial charge in [0.1, 0.15) is 0 Å². The fourth-order valence-electron chi connectivity index (χ4n) is 3.78. The monoisotopic (exact) mass is 138 g/mol. The summed E-state index contributed by atoms with van der Waals surface area (Å²) >= 11 is 0. The van der Waals surface area contributed by atoms with E-state index in [1.54, 1.807) is 0 Å². The summed E-state index contributed by atoms with van der Waals surface area (Å²) in [5.41, 5.74) is 0.819. The van der Waals surface area contributed by atoms with Crippen LogP contribution < -0.4 is 0 Å². The summed E-state index contributed by atoms with van der Waals surface area (Å²) in [6, 6.07) is 0. The maximum atomic E-state index is 2.44. The first-order valence-corrected chi connectivity index (χ1v) is 4.71. The van der Waals surface area contributed by atoms with Crippen molar-refractivity contribution in [2.75, 3.05) is 0 Å². The van der Waals surface area contributed by atoms with Gasteiger partial charge in [0.25, 0.3) is 0 Å². The molecule has 2 atom stereocenters. The maximum Gasteiger partial charge on any atom is -0.0220 e. The number of rotatable bonds is 1. The topological polar surface area (TPSA) is 0 Å². The first-order valence-electron chi connectivity index (χ1n) is 4.71. The molecule has 0 spiro atoms. The maximum absolute atomic E-state index is 2.44. The van der Waals surface area contributed by atoms with Gasteiger partial charge in [0.2, 0.25) is 0 Å². The van der Waals surface area contributed by atoms with E-state index in [0.29, 0.717) is 0 Å². The molecule has 2 aliphatic carbocycles. The fourth-order valence-corrected chi connectivity index (χ4v) is 3.78. The molecule has 2 saturated carbocycles. The highest BCUT2D eigenvalue weighted by atomic mass is 14.7. The van der Waals surface area contributed by atoms with Gasteiger partial charge >= 0.3 is 0 Å². The summed E-state index contributed by atoms with van der Waals surface area (Å²) in [4.78, 5) is 0. The molecule has 0 heterocycles. The first-order chi connectivity index (χ1) is 4.71. The van der Waals surface area contributed by atoms with Crippen LogP contribution >= 0.6 is 0 Å². The van der Waals surface area contributed by atoms with E-state index in [9.17, 15) is 0 Å². The van der Waals surface area contributed by atoms with Gasteiger partial charge in [0, 0.05) is 0 Å². The molecule has 0 saturated heterocycles. The van der Waals surface area contributed by atoms with Crippen molar-refractivity contribution < 1.29 is 0 Å². The lowest BCUT2D eigenvalue weighted by Gasteiger charge is -2.68. The second-order valence-corrected chi connectivity index (χ2v) is 4.44. The molecule has 10 heavy (non-hydrogen) atoms. The molecule has 0 aliphatic heterocycles. The molecule has 0 nitrogen and oxygen atoms in total. The zero-order valence-corrected chi connectivity index (χ0v) is 7.35. The Labute approximate surface area is 64.0 Å². The third-order valence-electron chi connectivity index (χ3n) is 4.48. The van der Waals surface area contributed by atoms with Crippen LogP contribution in [0.2, 0.25) is 0 Å². The summed E-state index contributed by atoms with van der Waals surface area (Å²) in [5, 5.41) is 0. The Bertz CT molecular complexity index is 127. The number of hydrogen-bond acceptors (Lipinski definition) is 0. The summed E-state index contributed by atoms with van der Waals surface area (Å²) in [7, 11) is 0. The van der Waals surface area contributed by atoms with Gasteiger partial charge in [-0.05, 0) is 42.4 Å². The third kappa shape index (κ3) is 0.466. The van der Waals surface area contributed by atoms with Crippen LogP contribution in [-0.2, 0) is 0 Å². The van der Waals surface area contributed by atoms with E-state index in [2.05, 4.69) is 20.8 Å². The molecule has 0 aromatic rings. The molecule has 2 aliphatic rings. The molecule has 0 heteroatoms. The van der Waals surface area contributed by atoms with Crippen molar-refractivity contribution in [3.05, 3.63) is 0 Å². The highest BCUT2D eigenvalue weighted by molar-refractivity contribution is 5.10. The lowest BCUT2D eigenvalue weighted by atomic mass is 9.37. The highest BCUT2D eigenvalue weighted by Gasteiger charge is 2.61. The van der Waals surface area contributed by atoms with Crippen molar-refractivity contribution >= 4 is 0 Å². The Morgan fingerprint density at radius 2 is 1.70 bits per heavy atom. The molecule has 0 N–H and O–H groups in total. The van der Waals surface area contributed by atoms with Gasteiger partial charge in [0.15, 0.2) is 0 Å². The smallest absolute Gasteiger partial charge is 0.0220 e. The minimum absolute atomic E-state index is 0.819. The van der Waals surface area contributed by atoms with E-state index >= 15 is 0 Å². The molecule has 58 valence electrons. The Kier molecular flexibility index (Phi) is 1.19. The van der Waals surface area contributed by atoms with Crippen LogP contribution in [0.15, 0.2) is 0 Å². The molecule has 2 fully saturated rings. The molecule has 0 aromatic carbocycles. The average molecular weight is 138 g/mol. The Morgan fingerprint density at radius 1 is 1.20 bits per heavy atom. The zero-order chi connectivity index (χ0) is 7.35. The average Bonchev–Trinajstić information content (AvgIpc) is 1.88. The van der Waals surface area contributed by atoms with Gasteiger partial charge in [-0.2, -0.15) is 0 Å². The van der Waals surface area contributed by atoms with Gasteiger partial charge in [-0.1, -0.05) is 20.8 Å². The van der Waals surface area contributed by atoms with Gasteiger partial charge in [-0.25, -0.2) is 0 Å². The van der Waals surface area contributed by atoms with Crippen LogP contribution in [0.1, 0.15) is 40.0 Å². The predicted molar refractivity (Wildman–Crippen MR) is 43.8 cm³/mol. The van der Waals surface area contributed by atoms with Crippen LogP contribution in [0.4, 0.5) is 0 Å². The molecule has 0 bridgehead atoms. The second-order valence-electron chi connectivity index (χ2n) is 4.44. The Hall–Kier alpha value is 0. The molecule has 0 aromatic heterocycles. The highest BCUT2D eigenvalue weighted by Crippen LogP contribution is 2.69. The SMILES string of the molecule is CCC12C(C)CC1CC2C. The lowest BCUT2D eigenvalue weighted by Crippen LogP contribution is -2.60. The van der Waals surface area contributed by atoms with E-state index in [0.717, 1.165) is 23.2 Å². The normalized spacial score (nSPS) is 58.5. The van der Waals surface area contributed by atoms with Crippen molar-refractivity contribution in [2.24, 2.45) is 23.2 Å². The van der Waals surface area contributed by atoms with Crippen LogP contribution in [0.25, 0.3) is 0 Å². The van der Waals surface area contributed by atoms with E-state index in [-0.39, 0.29) is 0 Å². The third-order valence-corrected chi connectivity index (χ3v) is 4.48. The number of hydrogen-bond donors (Lipinski definition) is 0. The first kappa shape index (κ1) is 6.69. The molecule has 0 amide bonds. The minimum atomic E-state index is 0.819. The molecule has 2 unspecified atom stereocenters. The zero-order valence-electron chi connectivity index (χ0n) is 7.35. The molecular formula is C10H18.